The van der Waals surface area contributed by atoms with Gasteiger partial charge in [-0.3, -0.25) is 9.97 Å². The molecule has 1 N–H and O–H groups in total. The third-order valence-electron chi connectivity index (χ3n) is 2.17. The van der Waals surface area contributed by atoms with Gasteiger partial charge >= 0.3 is 0 Å². The summed E-state index contributed by atoms with van der Waals surface area (Å²) in [5.74, 6) is 0. The molecular weight excluding hydrogens is 200 g/mol. The average molecular weight is 210 g/mol. The summed E-state index contributed by atoms with van der Waals surface area (Å²) >= 11 is 0. The van der Waals surface area contributed by atoms with Crippen molar-refractivity contribution in [3.63, 3.8) is 0 Å². The van der Waals surface area contributed by atoms with Gasteiger partial charge in [-0.15, -0.1) is 0 Å². The maximum absolute atomic E-state index is 8.89. The van der Waals surface area contributed by atoms with Gasteiger partial charge in [-0.05, 0) is 23.8 Å². The van der Waals surface area contributed by atoms with Crippen LogP contribution in [0.4, 0.5) is 5.69 Å². The highest BCUT2D eigenvalue weighted by Gasteiger charge is 2.00. The molecule has 4 heteroatoms. The molecular formula is C12H10N4. The minimum absolute atomic E-state index is 0.601. The van der Waals surface area contributed by atoms with Crippen LogP contribution in [0.2, 0.25) is 0 Å². The third kappa shape index (κ3) is 2.34. The molecule has 0 saturated carbocycles. The molecule has 0 aliphatic carbocycles. The topological polar surface area (TPSA) is 61.6 Å². The van der Waals surface area contributed by atoms with Crippen LogP contribution in [-0.2, 0) is 6.54 Å². The molecule has 2 heterocycles. The average Bonchev–Trinajstić information content (AvgIpc) is 2.38. The molecule has 16 heavy (non-hydrogen) atoms. The normalized spacial score (nSPS) is 9.44. The first-order valence-electron chi connectivity index (χ1n) is 4.87. The second-order valence-corrected chi connectivity index (χ2v) is 3.24. The quantitative estimate of drug-likeness (QED) is 0.841. The van der Waals surface area contributed by atoms with Gasteiger partial charge in [0, 0.05) is 25.1 Å². The summed E-state index contributed by atoms with van der Waals surface area (Å²) in [5.41, 5.74) is 2.47. The van der Waals surface area contributed by atoms with E-state index in [0.717, 1.165) is 11.3 Å². The molecule has 2 aromatic rings. The highest BCUT2D eigenvalue weighted by atomic mass is 14.9. The van der Waals surface area contributed by atoms with Crippen molar-refractivity contribution in [3.05, 3.63) is 54.1 Å². The Bertz CT molecular complexity index is 502. The Hall–Kier alpha value is -2.41. The van der Waals surface area contributed by atoms with Gasteiger partial charge < -0.3 is 5.32 Å². The number of nitrogens with zero attached hydrogens (tertiary/aromatic N) is 3. The van der Waals surface area contributed by atoms with Crippen molar-refractivity contribution in [1.82, 2.24) is 9.97 Å². The third-order valence-corrected chi connectivity index (χ3v) is 2.17. The van der Waals surface area contributed by atoms with E-state index in [0.29, 0.717) is 12.1 Å². The molecule has 0 fully saturated rings. The Morgan fingerprint density at radius 1 is 1.12 bits per heavy atom. The van der Waals surface area contributed by atoms with Crippen LogP contribution in [0.1, 0.15) is 11.1 Å². The van der Waals surface area contributed by atoms with Crippen molar-refractivity contribution in [2.24, 2.45) is 0 Å². The summed E-state index contributed by atoms with van der Waals surface area (Å²) in [5, 5.41) is 12.1. The van der Waals surface area contributed by atoms with Gasteiger partial charge in [0.15, 0.2) is 0 Å². The minimum atomic E-state index is 0.601. The fourth-order valence-electron chi connectivity index (χ4n) is 1.33. The van der Waals surface area contributed by atoms with Crippen molar-refractivity contribution >= 4 is 5.69 Å². The molecule has 0 aromatic carbocycles. The molecule has 0 aliphatic heterocycles. The Morgan fingerprint density at radius 3 is 2.62 bits per heavy atom. The monoisotopic (exact) mass is 210 g/mol. The highest BCUT2D eigenvalue weighted by molar-refractivity contribution is 5.55. The van der Waals surface area contributed by atoms with Gasteiger partial charge in [0.2, 0.25) is 0 Å². The standard InChI is InChI=1S/C12H10N4/c13-7-11-3-6-15-9-12(11)16-8-10-1-4-14-5-2-10/h1-6,9,16H,8H2. The summed E-state index contributed by atoms with van der Waals surface area (Å²) in [7, 11) is 0. The lowest BCUT2D eigenvalue weighted by molar-refractivity contribution is 1.11. The van der Waals surface area contributed by atoms with E-state index in [9.17, 15) is 0 Å². The number of aromatic nitrogens is 2. The van der Waals surface area contributed by atoms with Crippen molar-refractivity contribution in [2.45, 2.75) is 6.54 Å². The van der Waals surface area contributed by atoms with Crippen LogP contribution in [-0.4, -0.2) is 9.97 Å². The Kier molecular flexibility index (Phi) is 3.10. The summed E-state index contributed by atoms with van der Waals surface area (Å²) in [6.45, 7) is 0.656. The van der Waals surface area contributed by atoms with Crippen LogP contribution in [0.3, 0.4) is 0 Å². The first kappa shape index (κ1) is 10.1. The lowest BCUT2D eigenvalue weighted by atomic mass is 10.2. The second-order valence-electron chi connectivity index (χ2n) is 3.24. The molecule has 2 rings (SSSR count). The summed E-state index contributed by atoms with van der Waals surface area (Å²) < 4.78 is 0. The zero-order valence-corrected chi connectivity index (χ0v) is 8.59. The van der Waals surface area contributed by atoms with Crippen LogP contribution in [0.25, 0.3) is 0 Å². The molecule has 0 amide bonds. The summed E-state index contributed by atoms with van der Waals surface area (Å²) in [4.78, 5) is 7.92. The molecule has 0 radical (unpaired) electrons. The van der Waals surface area contributed by atoms with Crippen molar-refractivity contribution in [2.75, 3.05) is 5.32 Å². The van der Waals surface area contributed by atoms with Crippen molar-refractivity contribution in [3.8, 4) is 6.07 Å². The van der Waals surface area contributed by atoms with Crippen molar-refractivity contribution in [1.29, 1.82) is 5.26 Å². The maximum Gasteiger partial charge on any atom is 0.101 e. The second kappa shape index (κ2) is 4.89. The van der Waals surface area contributed by atoms with Crippen LogP contribution >= 0.6 is 0 Å². The van der Waals surface area contributed by atoms with Crippen LogP contribution in [0.15, 0.2) is 43.0 Å². The van der Waals surface area contributed by atoms with E-state index in [1.165, 1.54) is 0 Å². The Morgan fingerprint density at radius 2 is 1.88 bits per heavy atom. The molecule has 0 spiro atoms. The minimum Gasteiger partial charge on any atom is -0.379 e. The van der Waals surface area contributed by atoms with E-state index in [-0.39, 0.29) is 0 Å². The van der Waals surface area contributed by atoms with Crippen LogP contribution < -0.4 is 5.32 Å². The van der Waals surface area contributed by atoms with E-state index >= 15 is 0 Å². The largest absolute Gasteiger partial charge is 0.379 e. The number of rotatable bonds is 3. The van der Waals surface area contributed by atoms with E-state index in [2.05, 4.69) is 21.4 Å². The van der Waals surface area contributed by atoms with Crippen LogP contribution in [0, 0.1) is 11.3 Å². The van der Waals surface area contributed by atoms with Gasteiger partial charge in [0.25, 0.3) is 0 Å². The van der Waals surface area contributed by atoms with E-state index in [4.69, 9.17) is 5.26 Å². The summed E-state index contributed by atoms with van der Waals surface area (Å²) in [6.07, 6.45) is 6.74. The van der Waals surface area contributed by atoms with Gasteiger partial charge in [-0.25, -0.2) is 0 Å². The fraction of sp³-hybridized carbons (Fsp3) is 0.0833. The van der Waals surface area contributed by atoms with Gasteiger partial charge in [-0.2, -0.15) is 5.26 Å². The Balaban J connectivity index is 2.09. The fourth-order valence-corrected chi connectivity index (χ4v) is 1.33. The molecule has 0 unspecified atom stereocenters. The van der Waals surface area contributed by atoms with E-state index < -0.39 is 0 Å². The first-order chi connectivity index (χ1) is 7.90. The van der Waals surface area contributed by atoms with E-state index in [1.54, 1.807) is 30.9 Å². The molecule has 0 saturated heterocycles. The number of hydrogen-bond acceptors (Lipinski definition) is 4. The molecule has 2 aromatic heterocycles. The van der Waals surface area contributed by atoms with Gasteiger partial charge in [0.1, 0.15) is 6.07 Å². The zero-order valence-electron chi connectivity index (χ0n) is 8.59. The smallest absolute Gasteiger partial charge is 0.101 e. The highest BCUT2D eigenvalue weighted by Crippen LogP contribution is 2.12. The zero-order chi connectivity index (χ0) is 11.2. The predicted molar refractivity (Wildman–Crippen MR) is 60.5 cm³/mol. The number of pyridine rings is 2. The number of nitriles is 1. The van der Waals surface area contributed by atoms with Crippen LogP contribution in [0.5, 0.6) is 0 Å². The molecule has 4 nitrogen and oxygen atoms in total. The van der Waals surface area contributed by atoms with Gasteiger partial charge in [-0.1, -0.05) is 0 Å². The Labute approximate surface area is 93.6 Å². The molecule has 0 atom stereocenters. The molecule has 0 aliphatic rings. The van der Waals surface area contributed by atoms with Gasteiger partial charge in [0.05, 0.1) is 17.4 Å². The number of hydrogen-bond donors (Lipinski definition) is 1. The van der Waals surface area contributed by atoms with Crippen molar-refractivity contribution < 1.29 is 0 Å². The lowest BCUT2D eigenvalue weighted by Crippen LogP contribution is -2.01. The molecule has 78 valence electrons. The SMILES string of the molecule is N#Cc1ccncc1NCc1ccncc1. The number of nitrogens with one attached hydrogen (secondary N) is 1. The molecule has 0 bridgehead atoms. The maximum atomic E-state index is 8.89. The first-order valence-corrected chi connectivity index (χ1v) is 4.87. The predicted octanol–water partition coefficient (Wildman–Crippen LogP) is 1.96. The lowest BCUT2D eigenvalue weighted by Gasteiger charge is -2.06. The summed E-state index contributed by atoms with van der Waals surface area (Å²) in [6, 6.07) is 7.66. The number of anilines is 1. The van der Waals surface area contributed by atoms with E-state index in [1.807, 2.05) is 12.1 Å².